The van der Waals surface area contributed by atoms with Gasteiger partial charge in [0.2, 0.25) is 0 Å². The fraction of sp³-hybridized carbons (Fsp3) is 0.933. The van der Waals surface area contributed by atoms with Crippen LogP contribution in [0, 0.1) is 5.92 Å². The van der Waals surface area contributed by atoms with Gasteiger partial charge in [-0.3, -0.25) is 4.79 Å². The normalized spacial score (nSPS) is 21.1. The first-order valence-corrected chi connectivity index (χ1v) is 7.60. The summed E-state index contributed by atoms with van der Waals surface area (Å²) in [7, 11) is 1.83. The van der Waals surface area contributed by atoms with Gasteiger partial charge in [0, 0.05) is 0 Å². The molecular weight excluding hydrogens is 240 g/mol. The van der Waals surface area contributed by atoms with Crippen molar-refractivity contribution in [3.8, 4) is 0 Å². The van der Waals surface area contributed by atoms with Crippen LogP contribution in [0.2, 0.25) is 0 Å². The van der Waals surface area contributed by atoms with Gasteiger partial charge in [0.15, 0.2) is 0 Å². The van der Waals surface area contributed by atoms with Crippen molar-refractivity contribution in [2.45, 2.75) is 52.0 Å². The highest BCUT2D eigenvalue weighted by Crippen LogP contribution is 2.18. The van der Waals surface area contributed by atoms with Crippen LogP contribution in [-0.4, -0.2) is 49.7 Å². The van der Waals surface area contributed by atoms with Crippen LogP contribution in [0.25, 0.3) is 0 Å². The fourth-order valence-corrected chi connectivity index (χ4v) is 2.56. The molecule has 4 heteroatoms. The van der Waals surface area contributed by atoms with Crippen LogP contribution in [0.5, 0.6) is 0 Å². The number of piperidine rings is 1. The molecule has 0 amide bonds. The van der Waals surface area contributed by atoms with Crippen molar-refractivity contribution >= 4 is 5.97 Å². The second-order valence-electron chi connectivity index (χ2n) is 5.93. The SMILES string of the molecule is CCOC(=O)C(C)(CCCN1CCC(C)CC1)NC. The van der Waals surface area contributed by atoms with Crippen LogP contribution >= 0.6 is 0 Å². The first-order valence-electron chi connectivity index (χ1n) is 7.60. The summed E-state index contributed by atoms with van der Waals surface area (Å²) >= 11 is 0. The zero-order chi connectivity index (χ0) is 14.3. The average molecular weight is 270 g/mol. The van der Waals surface area contributed by atoms with Gasteiger partial charge in [-0.2, -0.15) is 0 Å². The number of likely N-dealkylation sites (tertiary alicyclic amines) is 1. The van der Waals surface area contributed by atoms with Crippen LogP contribution in [0.1, 0.15) is 46.5 Å². The number of rotatable bonds is 7. The molecule has 19 heavy (non-hydrogen) atoms. The van der Waals surface area contributed by atoms with Crippen molar-refractivity contribution in [1.29, 1.82) is 0 Å². The highest BCUT2D eigenvalue weighted by Gasteiger charge is 2.32. The molecule has 0 aliphatic carbocycles. The lowest BCUT2D eigenvalue weighted by Crippen LogP contribution is -2.49. The zero-order valence-electron chi connectivity index (χ0n) is 13.0. The Kier molecular flexibility index (Phi) is 6.80. The molecule has 1 aliphatic heterocycles. The van der Waals surface area contributed by atoms with Crippen LogP contribution in [0.3, 0.4) is 0 Å². The Hall–Kier alpha value is -0.610. The number of ether oxygens (including phenoxy) is 1. The lowest BCUT2D eigenvalue weighted by Gasteiger charge is -2.32. The summed E-state index contributed by atoms with van der Waals surface area (Å²) in [5.74, 6) is 0.739. The van der Waals surface area contributed by atoms with Crippen LogP contribution in [0.4, 0.5) is 0 Å². The molecule has 1 aliphatic rings. The van der Waals surface area contributed by atoms with Crippen LogP contribution < -0.4 is 5.32 Å². The summed E-state index contributed by atoms with van der Waals surface area (Å²) in [5, 5.41) is 3.11. The molecule has 0 aromatic carbocycles. The van der Waals surface area contributed by atoms with E-state index in [0.29, 0.717) is 6.61 Å². The second kappa shape index (κ2) is 7.85. The van der Waals surface area contributed by atoms with E-state index in [2.05, 4.69) is 17.1 Å². The van der Waals surface area contributed by atoms with Crippen molar-refractivity contribution < 1.29 is 9.53 Å². The number of nitrogens with zero attached hydrogens (tertiary/aromatic N) is 1. The van der Waals surface area contributed by atoms with Gasteiger partial charge in [-0.15, -0.1) is 0 Å². The lowest BCUT2D eigenvalue weighted by molar-refractivity contribution is -0.150. The summed E-state index contributed by atoms with van der Waals surface area (Å²) < 4.78 is 5.14. The highest BCUT2D eigenvalue weighted by atomic mass is 16.5. The van der Waals surface area contributed by atoms with Crippen LogP contribution in [-0.2, 0) is 9.53 Å². The fourth-order valence-electron chi connectivity index (χ4n) is 2.56. The Morgan fingerprint density at radius 1 is 1.42 bits per heavy atom. The standard InChI is InChI=1S/C15H30N2O2/c1-5-19-14(18)15(3,16-4)9-6-10-17-11-7-13(2)8-12-17/h13,16H,5-12H2,1-4H3. The summed E-state index contributed by atoms with van der Waals surface area (Å²) in [6.45, 7) is 10.1. The van der Waals surface area contributed by atoms with Crippen LogP contribution in [0.15, 0.2) is 0 Å². The minimum atomic E-state index is -0.543. The van der Waals surface area contributed by atoms with E-state index in [9.17, 15) is 4.79 Å². The Bertz CT molecular complexity index is 275. The number of carbonyl (C=O) groups is 1. The third-order valence-corrected chi connectivity index (χ3v) is 4.31. The molecule has 0 aromatic rings. The highest BCUT2D eigenvalue weighted by molar-refractivity contribution is 5.80. The van der Waals surface area contributed by atoms with Crippen molar-refractivity contribution in [1.82, 2.24) is 10.2 Å². The smallest absolute Gasteiger partial charge is 0.326 e. The maximum Gasteiger partial charge on any atom is 0.326 e. The molecule has 1 unspecified atom stereocenters. The predicted octanol–water partition coefficient (Wildman–Crippen LogP) is 2.04. The topological polar surface area (TPSA) is 41.6 Å². The number of hydrogen-bond acceptors (Lipinski definition) is 4. The van der Waals surface area contributed by atoms with Gasteiger partial charge in [0.1, 0.15) is 5.54 Å². The van der Waals surface area contributed by atoms with E-state index in [1.54, 1.807) is 0 Å². The molecule has 1 atom stereocenters. The molecule has 1 heterocycles. The number of esters is 1. The summed E-state index contributed by atoms with van der Waals surface area (Å²) in [5.41, 5.74) is -0.543. The average Bonchev–Trinajstić information content (AvgIpc) is 2.41. The van der Waals surface area contributed by atoms with Gasteiger partial charge in [0.25, 0.3) is 0 Å². The molecule has 0 spiro atoms. The third-order valence-electron chi connectivity index (χ3n) is 4.31. The van der Waals surface area contributed by atoms with E-state index in [1.165, 1.54) is 25.9 Å². The molecule has 112 valence electrons. The van der Waals surface area contributed by atoms with Gasteiger partial charge >= 0.3 is 5.97 Å². The molecule has 0 bridgehead atoms. The van der Waals surface area contributed by atoms with E-state index < -0.39 is 5.54 Å². The first-order chi connectivity index (χ1) is 9.01. The molecule has 4 nitrogen and oxygen atoms in total. The Morgan fingerprint density at radius 3 is 2.58 bits per heavy atom. The molecule has 0 saturated carbocycles. The van der Waals surface area contributed by atoms with Gasteiger partial charge in [-0.25, -0.2) is 0 Å². The zero-order valence-corrected chi connectivity index (χ0v) is 13.0. The molecule has 1 fully saturated rings. The van der Waals surface area contributed by atoms with Gasteiger partial charge in [-0.05, 0) is 72.1 Å². The number of hydrogen-bond donors (Lipinski definition) is 1. The molecule has 0 radical (unpaired) electrons. The first kappa shape index (κ1) is 16.4. The minimum Gasteiger partial charge on any atom is -0.465 e. The van der Waals surface area contributed by atoms with E-state index in [4.69, 9.17) is 4.74 Å². The Morgan fingerprint density at radius 2 is 2.05 bits per heavy atom. The minimum absolute atomic E-state index is 0.134. The lowest BCUT2D eigenvalue weighted by atomic mass is 9.95. The van der Waals surface area contributed by atoms with Crippen molar-refractivity contribution in [3.05, 3.63) is 0 Å². The quantitative estimate of drug-likeness (QED) is 0.719. The van der Waals surface area contributed by atoms with E-state index in [1.807, 2.05) is 20.9 Å². The third kappa shape index (κ3) is 5.11. The van der Waals surface area contributed by atoms with E-state index in [-0.39, 0.29) is 5.97 Å². The second-order valence-corrected chi connectivity index (χ2v) is 5.93. The number of likely N-dealkylation sites (N-methyl/N-ethyl adjacent to an activating group) is 1. The molecule has 1 N–H and O–H groups in total. The molecule has 1 saturated heterocycles. The van der Waals surface area contributed by atoms with Gasteiger partial charge < -0.3 is 15.0 Å². The predicted molar refractivity (Wildman–Crippen MR) is 78.2 cm³/mol. The van der Waals surface area contributed by atoms with Gasteiger partial charge in [-0.1, -0.05) is 6.92 Å². The Balaban J connectivity index is 2.31. The largest absolute Gasteiger partial charge is 0.465 e. The van der Waals surface area contributed by atoms with E-state index in [0.717, 1.165) is 25.3 Å². The maximum atomic E-state index is 11.9. The summed E-state index contributed by atoms with van der Waals surface area (Å²) in [6.07, 6.45) is 4.47. The van der Waals surface area contributed by atoms with Gasteiger partial charge in [0.05, 0.1) is 6.61 Å². The number of nitrogens with one attached hydrogen (secondary N) is 1. The maximum absolute atomic E-state index is 11.9. The van der Waals surface area contributed by atoms with E-state index >= 15 is 0 Å². The number of carbonyl (C=O) groups excluding carboxylic acids is 1. The molecular formula is C15H30N2O2. The van der Waals surface area contributed by atoms with Crippen molar-refractivity contribution in [3.63, 3.8) is 0 Å². The monoisotopic (exact) mass is 270 g/mol. The summed E-state index contributed by atoms with van der Waals surface area (Å²) in [4.78, 5) is 14.4. The molecule has 1 rings (SSSR count). The van der Waals surface area contributed by atoms with Crippen molar-refractivity contribution in [2.75, 3.05) is 33.3 Å². The Labute approximate surface area is 117 Å². The molecule has 0 aromatic heterocycles. The summed E-state index contributed by atoms with van der Waals surface area (Å²) in [6, 6.07) is 0. The van der Waals surface area contributed by atoms with Crippen molar-refractivity contribution in [2.24, 2.45) is 5.92 Å².